The summed E-state index contributed by atoms with van der Waals surface area (Å²) >= 11 is 12.6. The van der Waals surface area contributed by atoms with Crippen LogP contribution in [0.5, 0.6) is 0 Å². The van der Waals surface area contributed by atoms with Crippen LogP contribution in [0.25, 0.3) is 0 Å². The van der Waals surface area contributed by atoms with Crippen LogP contribution in [-0.4, -0.2) is 11.3 Å². The van der Waals surface area contributed by atoms with Gasteiger partial charge in [0.05, 0.1) is 16.1 Å². The van der Waals surface area contributed by atoms with Crippen LogP contribution in [0.15, 0.2) is 23.1 Å². The van der Waals surface area contributed by atoms with E-state index in [1.165, 1.54) is 0 Å². The molecule has 84 valence electrons. The van der Waals surface area contributed by atoms with E-state index in [-0.39, 0.29) is 11.3 Å². The van der Waals surface area contributed by atoms with Crippen molar-refractivity contribution in [3.63, 3.8) is 0 Å². The van der Waals surface area contributed by atoms with Crippen molar-refractivity contribution >= 4 is 40.2 Å². The number of carbonyl (C=O) groups excluding carboxylic acids is 1. The van der Waals surface area contributed by atoms with E-state index in [4.69, 9.17) is 29.6 Å². The summed E-state index contributed by atoms with van der Waals surface area (Å²) < 4.78 is 0. The highest BCUT2D eigenvalue weighted by Crippen LogP contribution is 2.28. The molecule has 0 radical (unpaired) electrons. The average molecular weight is 274 g/mol. The van der Waals surface area contributed by atoms with Gasteiger partial charge in [0.1, 0.15) is 0 Å². The zero-order chi connectivity index (χ0) is 12.1. The lowest BCUT2D eigenvalue weighted by atomic mass is 10.4. The quantitative estimate of drug-likeness (QED) is 0.656. The van der Waals surface area contributed by atoms with Gasteiger partial charge in [0.15, 0.2) is 0 Å². The fourth-order valence-electron chi connectivity index (χ4n) is 0.895. The molecule has 5 heteroatoms. The van der Waals surface area contributed by atoms with E-state index in [9.17, 15) is 4.79 Å². The van der Waals surface area contributed by atoms with E-state index in [0.29, 0.717) is 10.0 Å². The number of thioether (sulfide) groups is 1. The molecule has 1 atom stereocenters. The SMILES string of the molecule is C#CC(C)NC(=O)Sc1ccc(Cl)c(Cl)c1. The summed E-state index contributed by atoms with van der Waals surface area (Å²) in [5.41, 5.74) is 0. The lowest BCUT2D eigenvalue weighted by Gasteiger charge is -2.07. The number of hydrogen-bond acceptors (Lipinski definition) is 2. The van der Waals surface area contributed by atoms with Crippen molar-refractivity contribution in [3.05, 3.63) is 28.2 Å². The van der Waals surface area contributed by atoms with Crippen molar-refractivity contribution in [1.29, 1.82) is 0 Å². The van der Waals surface area contributed by atoms with Crippen LogP contribution in [-0.2, 0) is 0 Å². The molecular weight excluding hydrogens is 265 g/mol. The summed E-state index contributed by atoms with van der Waals surface area (Å²) in [6, 6.07) is 4.71. The van der Waals surface area contributed by atoms with Gasteiger partial charge in [-0.25, -0.2) is 0 Å². The molecule has 0 saturated heterocycles. The summed E-state index contributed by atoms with van der Waals surface area (Å²) in [7, 11) is 0. The van der Waals surface area contributed by atoms with E-state index in [1.807, 2.05) is 0 Å². The number of nitrogens with one attached hydrogen (secondary N) is 1. The Morgan fingerprint density at radius 3 is 2.75 bits per heavy atom. The molecule has 1 aromatic rings. The van der Waals surface area contributed by atoms with Crippen molar-refractivity contribution in [2.75, 3.05) is 0 Å². The van der Waals surface area contributed by atoms with Gasteiger partial charge in [0.25, 0.3) is 5.24 Å². The summed E-state index contributed by atoms with van der Waals surface area (Å²) in [4.78, 5) is 12.2. The molecule has 0 aliphatic heterocycles. The standard InChI is InChI=1S/C11H9Cl2NOS/c1-3-7(2)14-11(15)16-8-4-5-9(12)10(13)6-8/h1,4-7H,2H3,(H,14,15). The monoisotopic (exact) mass is 273 g/mol. The van der Waals surface area contributed by atoms with E-state index in [2.05, 4.69) is 11.2 Å². The smallest absolute Gasteiger partial charge is 0.284 e. The Labute approximate surface area is 109 Å². The summed E-state index contributed by atoms with van der Waals surface area (Å²) in [6.45, 7) is 1.73. The maximum atomic E-state index is 11.5. The van der Waals surface area contributed by atoms with Gasteiger partial charge >= 0.3 is 0 Å². The Balaban J connectivity index is 2.64. The lowest BCUT2D eigenvalue weighted by molar-refractivity contribution is 0.260. The predicted molar refractivity (Wildman–Crippen MR) is 69.1 cm³/mol. The summed E-state index contributed by atoms with van der Waals surface area (Å²) in [5.74, 6) is 2.41. The first-order valence-corrected chi connectivity index (χ1v) is 5.99. The van der Waals surface area contributed by atoms with Crippen LogP contribution in [0.3, 0.4) is 0 Å². The first-order valence-electron chi connectivity index (χ1n) is 4.42. The maximum Gasteiger partial charge on any atom is 0.284 e. The third kappa shape index (κ3) is 3.97. The molecule has 1 N–H and O–H groups in total. The van der Waals surface area contributed by atoms with E-state index in [0.717, 1.165) is 16.7 Å². The van der Waals surface area contributed by atoms with Gasteiger partial charge in [0, 0.05) is 4.90 Å². The largest absolute Gasteiger partial charge is 0.333 e. The van der Waals surface area contributed by atoms with Crippen molar-refractivity contribution < 1.29 is 4.79 Å². The molecule has 0 aliphatic carbocycles. The van der Waals surface area contributed by atoms with Crippen molar-refractivity contribution in [2.45, 2.75) is 17.9 Å². The van der Waals surface area contributed by atoms with Crippen LogP contribution in [0, 0.1) is 12.3 Å². The molecule has 0 aliphatic rings. The zero-order valence-corrected chi connectivity index (χ0v) is 10.8. The van der Waals surface area contributed by atoms with Gasteiger partial charge in [-0.15, -0.1) is 6.42 Å². The second-order valence-electron chi connectivity index (χ2n) is 3.00. The van der Waals surface area contributed by atoms with Gasteiger partial charge in [0.2, 0.25) is 0 Å². The molecule has 1 rings (SSSR count). The van der Waals surface area contributed by atoms with Crippen molar-refractivity contribution in [3.8, 4) is 12.3 Å². The molecule has 0 spiro atoms. The first kappa shape index (κ1) is 13.2. The van der Waals surface area contributed by atoms with Gasteiger partial charge in [-0.3, -0.25) is 4.79 Å². The molecule has 0 bridgehead atoms. The normalized spacial score (nSPS) is 11.6. The Morgan fingerprint density at radius 1 is 1.50 bits per heavy atom. The van der Waals surface area contributed by atoms with Gasteiger partial charge in [-0.1, -0.05) is 29.1 Å². The van der Waals surface area contributed by atoms with E-state index in [1.54, 1.807) is 25.1 Å². The van der Waals surface area contributed by atoms with E-state index < -0.39 is 0 Å². The predicted octanol–water partition coefficient (Wildman–Crippen LogP) is 3.82. The number of halogens is 2. The minimum absolute atomic E-state index is 0.219. The fourth-order valence-corrected chi connectivity index (χ4v) is 2.02. The molecule has 1 amide bonds. The molecule has 0 heterocycles. The van der Waals surface area contributed by atoms with Crippen LogP contribution in [0.1, 0.15) is 6.92 Å². The third-order valence-electron chi connectivity index (χ3n) is 1.69. The number of hydrogen-bond donors (Lipinski definition) is 1. The second kappa shape index (κ2) is 6.05. The highest BCUT2D eigenvalue weighted by atomic mass is 35.5. The number of terminal acetylenes is 1. The fraction of sp³-hybridized carbons (Fsp3) is 0.182. The summed E-state index contributed by atoms with van der Waals surface area (Å²) in [6.07, 6.45) is 5.15. The number of rotatable bonds is 2. The number of benzene rings is 1. The minimum atomic E-state index is -0.289. The Morgan fingerprint density at radius 2 is 2.19 bits per heavy atom. The molecule has 0 fully saturated rings. The second-order valence-corrected chi connectivity index (χ2v) is 4.86. The molecule has 16 heavy (non-hydrogen) atoms. The minimum Gasteiger partial charge on any atom is -0.333 e. The maximum absolute atomic E-state index is 11.5. The number of amides is 1. The summed E-state index contributed by atoms with van der Waals surface area (Å²) in [5, 5.41) is 3.29. The highest BCUT2D eigenvalue weighted by Gasteiger charge is 2.08. The third-order valence-corrected chi connectivity index (χ3v) is 3.22. The Bertz CT molecular complexity index is 442. The van der Waals surface area contributed by atoms with Crippen LogP contribution >= 0.6 is 35.0 Å². The number of carbonyl (C=O) groups is 1. The zero-order valence-electron chi connectivity index (χ0n) is 8.46. The molecule has 1 unspecified atom stereocenters. The molecule has 0 aromatic heterocycles. The molecule has 1 aromatic carbocycles. The molecule has 2 nitrogen and oxygen atoms in total. The van der Waals surface area contributed by atoms with Crippen LogP contribution in [0.4, 0.5) is 4.79 Å². The average Bonchev–Trinajstić information content (AvgIpc) is 2.23. The lowest BCUT2D eigenvalue weighted by Crippen LogP contribution is -2.27. The molecule has 0 saturated carbocycles. The van der Waals surface area contributed by atoms with Gasteiger partial charge < -0.3 is 5.32 Å². The van der Waals surface area contributed by atoms with Gasteiger partial charge in [-0.2, -0.15) is 0 Å². The van der Waals surface area contributed by atoms with Crippen molar-refractivity contribution in [2.24, 2.45) is 0 Å². The topological polar surface area (TPSA) is 29.1 Å². The molecular formula is C11H9Cl2NOS. The highest BCUT2D eigenvalue weighted by molar-refractivity contribution is 8.13. The van der Waals surface area contributed by atoms with Crippen molar-refractivity contribution in [1.82, 2.24) is 5.32 Å². The van der Waals surface area contributed by atoms with Crippen LogP contribution < -0.4 is 5.32 Å². The Hall–Kier alpha value is -0.820. The Kier molecular flexibility index (Phi) is 5.01. The van der Waals surface area contributed by atoms with Gasteiger partial charge in [-0.05, 0) is 36.9 Å². The first-order chi connectivity index (χ1) is 7.52. The van der Waals surface area contributed by atoms with E-state index >= 15 is 0 Å². The van der Waals surface area contributed by atoms with Crippen LogP contribution in [0.2, 0.25) is 10.0 Å².